The molecule has 3 nitrogen and oxygen atoms in total. The lowest BCUT2D eigenvalue weighted by Crippen LogP contribution is -2.28. The Morgan fingerprint density at radius 2 is 2.00 bits per heavy atom. The molecule has 1 aliphatic heterocycles. The average molecular weight is 462 g/mol. The van der Waals surface area contributed by atoms with Crippen molar-refractivity contribution in [2.24, 2.45) is 5.92 Å². The summed E-state index contributed by atoms with van der Waals surface area (Å²) in [5.74, 6) is 1.17. The number of halogens is 1. The van der Waals surface area contributed by atoms with E-state index in [0.717, 1.165) is 27.0 Å². The van der Waals surface area contributed by atoms with E-state index in [0.29, 0.717) is 21.8 Å². The minimum atomic E-state index is -0.0874. The number of aryl methyl sites for hydroxylation is 1. The number of carbonyl (C=O) groups excluding carboxylic acids is 1. The molecule has 1 fully saturated rings. The predicted octanol–water partition coefficient (Wildman–Crippen LogP) is 6.20. The summed E-state index contributed by atoms with van der Waals surface area (Å²) in [6, 6.07) is 13.6. The van der Waals surface area contributed by atoms with Crippen molar-refractivity contribution in [1.29, 1.82) is 0 Å². The summed E-state index contributed by atoms with van der Waals surface area (Å²) in [7, 11) is 0. The Bertz CT molecular complexity index is 924. The number of para-hydroxylation sites is 1. The fourth-order valence-corrected chi connectivity index (χ4v) is 4.42. The molecule has 27 heavy (non-hydrogen) atoms. The number of nitrogens with zero attached hydrogens (tertiary/aromatic N) is 1. The molecule has 0 aliphatic carbocycles. The van der Waals surface area contributed by atoms with E-state index < -0.39 is 0 Å². The van der Waals surface area contributed by atoms with Crippen molar-refractivity contribution in [1.82, 2.24) is 0 Å². The summed E-state index contributed by atoms with van der Waals surface area (Å²) in [6.45, 7) is 6.86. The number of carbonyl (C=O) groups is 1. The van der Waals surface area contributed by atoms with Gasteiger partial charge in [-0.05, 0) is 64.2 Å². The molecule has 2 aromatic rings. The zero-order valence-corrected chi connectivity index (χ0v) is 18.6. The summed E-state index contributed by atoms with van der Waals surface area (Å²) >= 11 is 10.3. The topological polar surface area (TPSA) is 29.5 Å². The summed E-state index contributed by atoms with van der Waals surface area (Å²) in [5.41, 5.74) is 2.77. The van der Waals surface area contributed by atoms with Gasteiger partial charge in [0.2, 0.25) is 0 Å². The molecular formula is C21H20BrNO2S2. The van der Waals surface area contributed by atoms with E-state index in [1.165, 1.54) is 11.8 Å². The highest BCUT2D eigenvalue weighted by molar-refractivity contribution is 9.10. The monoisotopic (exact) mass is 461 g/mol. The lowest BCUT2D eigenvalue weighted by molar-refractivity contribution is -0.113. The normalized spacial score (nSPS) is 15.9. The van der Waals surface area contributed by atoms with Crippen molar-refractivity contribution in [3.63, 3.8) is 0 Å². The smallest absolute Gasteiger partial charge is 0.270 e. The van der Waals surface area contributed by atoms with E-state index in [2.05, 4.69) is 29.8 Å². The van der Waals surface area contributed by atoms with Crippen LogP contribution in [0, 0.1) is 12.8 Å². The van der Waals surface area contributed by atoms with Crippen molar-refractivity contribution in [2.45, 2.75) is 20.8 Å². The van der Waals surface area contributed by atoms with Crippen molar-refractivity contribution in [3.8, 4) is 5.75 Å². The Kier molecular flexibility index (Phi) is 6.40. The van der Waals surface area contributed by atoms with Crippen LogP contribution in [-0.4, -0.2) is 16.8 Å². The molecule has 0 atom stereocenters. The molecule has 6 heteroatoms. The maximum Gasteiger partial charge on any atom is 0.270 e. The second-order valence-electron chi connectivity index (χ2n) is 6.70. The van der Waals surface area contributed by atoms with Crippen LogP contribution < -0.4 is 9.64 Å². The first-order chi connectivity index (χ1) is 12.9. The van der Waals surface area contributed by atoms with Crippen molar-refractivity contribution in [2.75, 3.05) is 11.5 Å². The third-order valence-electron chi connectivity index (χ3n) is 3.98. The van der Waals surface area contributed by atoms with E-state index in [1.807, 2.05) is 55.5 Å². The van der Waals surface area contributed by atoms with Gasteiger partial charge in [0, 0.05) is 0 Å². The second-order valence-corrected chi connectivity index (χ2v) is 9.23. The van der Waals surface area contributed by atoms with Gasteiger partial charge in [-0.1, -0.05) is 62.1 Å². The lowest BCUT2D eigenvalue weighted by atomic mass is 10.1. The van der Waals surface area contributed by atoms with Crippen molar-refractivity contribution >= 4 is 61.9 Å². The Hall–Kier alpha value is -1.63. The van der Waals surface area contributed by atoms with Crippen molar-refractivity contribution in [3.05, 3.63) is 63.0 Å². The van der Waals surface area contributed by atoms with E-state index in [-0.39, 0.29) is 5.91 Å². The highest BCUT2D eigenvalue weighted by atomic mass is 79.9. The number of anilines is 1. The minimum absolute atomic E-state index is 0.0874. The van der Waals surface area contributed by atoms with Crippen LogP contribution in [0.3, 0.4) is 0 Å². The Balaban J connectivity index is 1.84. The molecule has 140 valence electrons. The predicted molar refractivity (Wildman–Crippen MR) is 121 cm³/mol. The lowest BCUT2D eigenvalue weighted by Gasteiger charge is -2.16. The molecule has 1 heterocycles. The number of hydrogen-bond acceptors (Lipinski definition) is 4. The SMILES string of the molecule is Cc1ccccc1N1C(=O)/C(=C\c2ccc(OCC(C)C)c(Br)c2)SC1=S. The van der Waals surface area contributed by atoms with Crippen LogP contribution in [0.4, 0.5) is 5.69 Å². The number of thiocarbonyl (C=S) groups is 1. The van der Waals surface area contributed by atoms with Gasteiger partial charge in [-0.2, -0.15) is 0 Å². The molecule has 0 saturated carbocycles. The molecule has 0 bridgehead atoms. The van der Waals surface area contributed by atoms with Crippen LogP contribution in [-0.2, 0) is 4.79 Å². The van der Waals surface area contributed by atoms with E-state index >= 15 is 0 Å². The van der Waals surface area contributed by atoms with Crippen LogP contribution in [0.5, 0.6) is 5.75 Å². The van der Waals surface area contributed by atoms with Gasteiger partial charge >= 0.3 is 0 Å². The van der Waals surface area contributed by atoms with E-state index in [4.69, 9.17) is 17.0 Å². The van der Waals surface area contributed by atoms with Crippen LogP contribution in [0.25, 0.3) is 6.08 Å². The van der Waals surface area contributed by atoms with Gasteiger partial charge in [0.25, 0.3) is 5.91 Å². The van der Waals surface area contributed by atoms with Gasteiger partial charge < -0.3 is 4.74 Å². The van der Waals surface area contributed by atoms with Gasteiger partial charge in [-0.3, -0.25) is 9.69 Å². The summed E-state index contributed by atoms with van der Waals surface area (Å²) in [5, 5.41) is 0. The summed E-state index contributed by atoms with van der Waals surface area (Å²) < 4.78 is 7.20. The molecule has 0 spiro atoms. The van der Waals surface area contributed by atoms with Gasteiger partial charge in [-0.15, -0.1) is 0 Å². The third kappa shape index (κ3) is 4.62. The van der Waals surface area contributed by atoms with Crippen LogP contribution in [0.15, 0.2) is 51.8 Å². The van der Waals surface area contributed by atoms with Gasteiger partial charge in [0.15, 0.2) is 4.32 Å². The standard InChI is InChI=1S/C21H20BrNO2S2/c1-13(2)12-25-18-9-8-15(10-16(18)22)11-19-20(24)23(21(26)27-19)17-7-5-4-6-14(17)3/h4-11,13H,12H2,1-3H3/b19-11+. The Labute approximate surface area is 177 Å². The highest BCUT2D eigenvalue weighted by Gasteiger charge is 2.33. The largest absolute Gasteiger partial charge is 0.492 e. The molecule has 1 amide bonds. The fourth-order valence-electron chi connectivity index (χ4n) is 2.62. The summed E-state index contributed by atoms with van der Waals surface area (Å²) in [6.07, 6.45) is 1.87. The fraction of sp³-hybridized carbons (Fsp3) is 0.238. The second kappa shape index (κ2) is 8.59. The molecule has 0 radical (unpaired) electrons. The zero-order chi connectivity index (χ0) is 19.6. The van der Waals surface area contributed by atoms with Crippen LogP contribution >= 0.6 is 39.9 Å². The number of thioether (sulfide) groups is 1. The number of rotatable bonds is 5. The first kappa shape index (κ1) is 20.1. The minimum Gasteiger partial charge on any atom is -0.492 e. The molecular weight excluding hydrogens is 442 g/mol. The molecule has 1 saturated heterocycles. The molecule has 1 aliphatic rings. The quantitative estimate of drug-likeness (QED) is 0.391. The molecule has 0 unspecified atom stereocenters. The maximum absolute atomic E-state index is 12.9. The number of amides is 1. The molecule has 0 aromatic heterocycles. The molecule has 0 N–H and O–H groups in total. The Morgan fingerprint density at radius 1 is 1.26 bits per heavy atom. The van der Waals surface area contributed by atoms with E-state index in [9.17, 15) is 4.79 Å². The van der Waals surface area contributed by atoms with Crippen LogP contribution in [0.2, 0.25) is 0 Å². The number of ether oxygens (including phenoxy) is 1. The first-order valence-electron chi connectivity index (χ1n) is 8.62. The van der Waals surface area contributed by atoms with Gasteiger partial charge in [-0.25, -0.2) is 0 Å². The molecule has 2 aromatic carbocycles. The number of hydrogen-bond donors (Lipinski definition) is 0. The zero-order valence-electron chi connectivity index (χ0n) is 15.4. The maximum atomic E-state index is 12.9. The van der Waals surface area contributed by atoms with Gasteiger partial charge in [0.1, 0.15) is 5.75 Å². The third-order valence-corrected chi connectivity index (χ3v) is 5.90. The van der Waals surface area contributed by atoms with E-state index in [1.54, 1.807) is 4.90 Å². The average Bonchev–Trinajstić information content (AvgIpc) is 2.88. The van der Waals surface area contributed by atoms with Gasteiger partial charge in [0.05, 0.1) is 21.7 Å². The molecule has 3 rings (SSSR count). The highest BCUT2D eigenvalue weighted by Crippen LogP contribution is 2.37. The number of benzene rings is 2. The van der Waals surface area contributed by atoms with Crippen molar-refractivity contribution < 1.29 is 9.53 Å². The Morgan fingerprint density at radius 3 is 2.67 bits per heavy atom. The first-order valence-corrected chi connectivity index (χ1v) is 10.6. The van der Waals surface area contributed by atoms with Crippen LogP contribution in [0.1, 0.15) is 25.0 Å². The summed E-state index contributed by atoms with van der Waals surface area (Å²) in [4.78, 5) is 15.1.